The lowest BCUT2D eigenvalue weighted by Gasteiger charge is -2.57. The molecule has 188 valence electrons. The SMILES string of the molecule is Cc1cnn(C)c1-c1ccc(NCCC2CCC3CN(CC45CC6CC(CC(C6)C4)C5)CC23)nn1. The molecule has 6 fully saturated rings. The summed E-state index contributed by atoms with van der Waals surface area (Å²) in [5, 5.41) is 16.8. The Labute approximate surface area is 210 Å². The third kappa shape index (κ3) is 4.10. The van der Waals surface area contributed by atoms with Crippen molar-refractivity contribution >= 4 is 5.82 Å². The van der Waals surface area contributed by atoms with Crippen molar-refractivity contribution in [2.45, 2.75) is 64.7 Å². The molecule has 2 aromatic heterocycles. The minimum Gasteiger partial charge on any atom is -0.369 e. The topological polar surface area (TPSA) is 58.9 Å². The van der Waals surface area contributed by atoms with E-state index < -0.39 is 0 Å². The van der Waals surface area contributed by atoms with Gasteiger partial charge in [0.15, 0.2) is 0 Å². The number of nitrogens with one attached hydrogen (secondary N) is 1. The highest BCUT2D eigenvalue weighted by Crippen LogP contribution is 2.60. The number of hydrogen-bond acceptors (Lipinski definition) is 5. The summed E-state index contributed by atoms with van der Waals surface area (Å²) in [5.74, 6) is 6.87. The number of aromatic nitrogens is 4. The van der Waals surface area contributed by atoms with Crippen LogP contribution in [0.5, 0.6) is 0 Å². The molecule has 3 atom stereocenters. The fourth-order valence-electron chi connectivity index (χ4n) is 9.77. The van der Waals surface area contributed by atoms with Crippen LogP contribution in [0.1, 0.15) is 63.4 Å². The molecule has 6 nitrogen and oxygen atoms in total. The van der Waals surface area contributed by atoms with E-state index in [9.17, 15) is 0 Å². The van der Waals surface area contributed by atoms with Crippen molar-refractivity contribution in [3.8, 4) is 11.4 Å². The molecule has 3 unspecified atom stereocenters. The van der Waals surface area contributed by atoms with E-state index in [0.29, 0.717) is 5.41 Å². The first-order valence-corrected chi connectivity index (χ1v) is 14.3. The first kappa shape index (κ1) is 22.3. The second-order valence-electron chi connectivity index (χ2n) is 13.2. The van der Waals surface area contributed by atoms with Gasteiger partial charge in [-0.05, 0) is 123 Å². The summed E-state index contributed by atoms with van der Waals surface area (Å²) in [6.07, 6.45) is 15.4. The highest BCUT2D eigenvalue weighted by atomic mass is 15.3. The summed E-state index contributed by atoms with van der Waals surface area (Å²) in [6.45, 7) is 7.25. The molecule has 1 N–H and O–H groups in total. The Hall–Kier alpha value is -1.95. The van der Waals surface area contributed by atoms with E-state index in [1.54, 1.807) is 38.5 Å². The summed E-state index contributed by atoms with van der Waals surface area (Å²) in [4.78, 5) is 2.92. The van der Waals surface area contributed by atoms with Crippen LogP contribution in [-0.2, 0) is 7.05 Å². The highest BCUT2D eigenvalue weighted by Gasteiger charge is 2.52. The standard InChI is InChI=1S/C29H42N6/c1-19-15-31-34(2)28(19)26-5-6-27(33-32-26)30-8-7-23-3-4-24-16-35(17-25(23)24)18-29-12-20-9-21(13-29)11-22(10-20)14-29/h5-6,15,20-25H,3-4,7-14,16-18H2,1-2H3,(H,30,33). The fraction of sp³-hybridized carbons (Fsp3) is 0.759. The number of anilines is 1. The Balaban J connectivity index is 0.919. The lowest BCUT2D eigenvalue weighted by molar-refractivity contribution is -0.0674. The Kier molecular flexibility index (Phi) is 5.45. The second-order valence-corrected chi connectivity index (χ2v) is 13.2. The first-order chi connectivity index (χ1) is 17.0. The summed E-state index contributed by atoms with van der Waals surface area (Å²) in [6, 6.07) is 4.12. The molecule has 35 heavy (non-hydrogen) atoms. The van der Waals surface area contributed by atoms with Crippen molar-refractivity contribution in [2.24, 2.45) is 48.0 Å². The predicted octanol–water partition coefficient (Wildman–Crippen LogP) is 5.16. The third-order valence-electron chi connectivity index (χ3n) is 10.7. The van der Waals surface area contributed by atoms with Crippen LogP contribution in [0, 0.1) is 47.8 Å². The number of nitrogens with zero attached hydrogens (tertiary/aromatic N) is 5. The molecular weight excluding hydrogens is 432 g/mol. The van der Waals surface area contributed by atoms with Gasteiger partial charge in [-0.1, -0.05) is 0 Å². The van der Waals surface area contributed by atoms with E-state index in [1.807, 2.05) is 17.9 Å². The van der Waals surface area contributed by atoms with E-state index in [0.717, 1.165) is 64.8 Å². The molecule has 0 amide bonds. The number of hydrogen-bond donors (Lipinski definition) is 1. The average Bonchev–Trinajstić information content (AvgIpc) is 3.48. The molecule has 5 aliphatic carbocycles. The van der Waals surface area contributed by atoms with Gasteiger partial charge in [0.2, 0.25) is 0 Å². The van der Waals surface area contributed by atoms with Crippen molar-refractivity contribution < 1.29 is 0 Å². The summed E-state index contributed by atoms with van der Waals surface area (Å²) >= 11 is 0. The number of aryl methyl sites for hydroxylation is 2. The molecule has 6 aliphatic rings. The minimum atomic E-state index is 0.698. The fourth-order valence-corrected chi connectivity index (χ4v) is 9.77. The van der Waals surface area contributed by atoms with Gasteiger partial charge in [0.1, 0.15) is 11.5 Å². The molecule has 0 aromatic carbocycles. The van der Waals surface area contributed by atoms with Gasteiger partial charge in [0.05, 0.1) is 11.9 Å². The van der Waals surface area contributed by atoms with Gasteiger partial charge in [0, 0.05) is 33.2 Å². The average molecular weight is 475 g/mol. The molecule has 3 heterocycles. The summed E-state index contributed by atoms with van der Waals surface area (Å²) in [7, 11) is 1.96. The smallest absolute Gasteiger partial charge is 0.148 e. The molecule has 5 saturated carbocycles. The van der Waals surface area contributed by atoms with Crippen molar-refractivity contribution in [3.63, 3.8) is 0 Å². The van der Waals surface area contributed by atoms with Gasteiger partial charge in [-0.3, -0.25) is 4.68 Å². The Bertz CT molecular complexity index is 1000. The van der Waals surface area contributed by atoms with E-state index in [4.69, 9.17) is 0 Å². The largest absolute Gasteiger partial charge is 0.369 e. The van der Waals surface area contributed by atoms with Crippen molar-refractivity contribution in [1.29, 1.82) is 0 Å². The van der Waals surface area contributed by atoms with Crippen LogP contribution in [0.2, 0.25) is 0 Å². The van der Waals surface area contributed by atoms with Crippen molar-refractivity contribution in [2.75, 3.05) is 31.5 Å². The molecule has 6 heteroatoms. The van der Waals surface area contributed by atoms with Crippen LogP contribution in [0.15, 0.2) is 18.3 Å². The second kappa shape index (κ2) is 8.57. The quantitative estimate of drug-likeness (QED) is 0.600. The molecule has 0 spiro atoms. The molecular formula is C29H42N6. The molecule has 0 radical (unpaired) electrons. The normalized spacial score (nSPS) is 37.8. The van der Waals surface area contributed by atoms with Gasteiger partial charge in [-0.15, -0.1) is 10.2 Å². The zero-order valence-corrected chi connectivity index (χ0v) is 21.6. The van der Waals surface area contributed by atoms with Gasteiger partial charge < -0.3 is 10.2 Å². The lowest BCUT2D eigenvalue weighted by atomic mass is 9.49. The van der Waals surface area contributed by atoms with Crippen molar-refractivity contribution in [3.05, 3.63) is 23.9 Å². The van der Waals surface area contributed by atoms with E-state index >= 15 is 0 Å². The van der Waals surface area contributed by atoms with Gasteiger partial charge >= 0.3 is 0 Å². The zero-order chi connectivity index (χ0) is 23.6. The molecule has 1 saturated heterocycles. The Morgan fingerprint density at radius 2 is 1.77 bits per heavy atom. The molecule has 4 bridgehead atoms. The van der Waals surface area contributed by atoms with E-state index in [2.05, 4.69) is 44.6 Å². The number of fused-ring (bicyclic) bond motifs is 1. The number of likely N-dealkylation sites (tertiary alicyclic amines) is 1. The van der Waals surface area contributed by atoms with Crippen LogP contribution in [-0.4, -0.2) is 51.1 Å². The first-order valence-electron chi connectivity index (χ1n) is 14.3. The van der Waals surface area contributed by atoms with Gasteiger partial charge in [-0.25, -0.2) is 0 Å². The van der Waals surface area contributed by atoms with Crippen LogP contribution in [0.3, 0.4) is 0 Å². The summed E-state index contributed by atoms with van der Waals surface area (Å²) in [5.41, 5.74) is 3.76. The van der Waals surface area contributed by atoms with Crippen LogP contribution < -0.4 is 5.32 Å². The van der Waals surface area contributed by atoms with Gasteiger partial charge in [-0.2, -0.15) is 5.10 Å². The molecule has 2 aromatic rings. The maximum absolute atomic E-state index is 4.46. The predicted molar refractivity (Wildman–Crippen MR) is 139 cm³/mol. The summed E-state index contributed by atoms with van der Waals surface area (Å²) < 4.78 is 1.87. The lowest BCUT2D eigenvalue weighted by Crippen LogP contribution is -2.51. The van der Waals surface area contributed by atoms with E-state index in [1.165, 1.54) is 38.9 Å². The van der Waals surface area contributed by atoms with E-state index in [-0.39, 0.29) is 0 Å². The maximum Gasteiger partial charge on any atom is 0.148 e. The monoisotopic (exact) mass is 474 g/mol. The Morgan fingerprint density at radius 1 is 1.00 bits per heavy atom. The third-order valence-corrected chi connectivity index (χ3v) is 10.7. The minimum absolute atomic E-state index is 0.698. The molecule has 1 aliphatic heterocycles. The van der Waals surface area contributed by atoms with Crippen molar-refractivity contribution in [1.82, 2.24) is 24.9 Å². The molecule has 8 rings (SSSR count). The number of rotatable bonds is 7. The van der Waals surface area contributed by atoms with Crippen LogP contribution in [0.4, 0.5) is 5.82 Å². The maximum atomic E-state index is 4.46. The zero-order valence-electron chi connectivity index (χ0n) is 21.6. The van der Waals surface area contributed by atoms with Crippen LogP contribution >= 0.6 is 0 Å². The van der Waals surface area contributed by atoms with Crippen LogP contribution in [0.25, 0.3) is 11.4 Å². The Morgan fingerprint density at radius 3 is 2.43 bits per heavy atom. The highest BCUT2D eigenvalue weighted by molar-refractivity contribution is 5.59. The van der Waals surface area contributed by atoms with Gasteiger partial charge in [0.25, 0.3) is 0 Å².